The van der Waals surface area contributed by atoms with Crippen LogP contribution in [-0.2, 0) is 26.8 Å². The molecular formula is C25H21F6NO3S. The van der Waals surface area contributed by atoms with Gasteiger partial charge < -0.3 is 0 Å². The Morgan fingerprint density at radius 1 is 0.833 bits per heavy atom. The van der Waals surface area contributed by atoms with E-state index in [0.29, 0.717) is 11.1 Å². The molecule has 0 fully saturated rings. The molecule has 0 amide bonds. The van der Waals surface area contributed by atoms with Crippen LogP contribution in [0.4, 0.5) is 26.3 Å². The molecule has 0 spiro atoms. The molecule has 0 N–H and O–H groups in total. The van der Waals surface area contributed by atoms with Crippen LogP contribution in [0.3, 0.4) is 0 Å². The van der Waals surface area contributed by atoms with Gasteiger partial charge in [-0.1, -0.05) is 73.6 Å². The Balaban J connectivity index is 2.07. The van der Waals surface area contributed by atoms with E-state index in [1.165, 1.54) is 0 Å². The van der Waals surface area contributed by atoms with Crippen LogP contribution in [0, 0.1) is 0 Å². The summed E-state index contributed by atoms with van der Waals surface area (Å²) in [5.74, 6) is 0.261. The average Bonchev–Trinajstić information content (AvgIpc) is 2.83. The number of oxime groups is 1. The van der Waals surface area contributed by atoms with Gasteiger partial charge in [0, 0.05) is 11.1 Å². The van der Waals surface area contributed by atoms with Gasteiger partial charge >= 0.3 is 22.5 Å². The molecule has 0 aliphatic rings. The first-order chi connectivity index (χ1) is 16.7. The fraction of sp³-hybridized carbons (Fsp3) is 0.240. The quantitative estimate of drug-likeness (QED) is 0.182. The van der Waals surface area contributed by atoms with E-state index in [9.17, 15) is 34.8 Å². The molecule has 1 unspecified atom stereocenters. The second kappa shape index (κ2) is 10.3. The van der Waals surface area contributed by atoms with Crippen molar-refractivity contribution >= 4 is 15.8 Å². The minimum absolute atomic E-state index is 0.0258. The first-order valence-electron chi connectivity index (χ1n) is 10.7. The van der Waals surface area contributed by atoms with Crippen molar-refractivity contribution in [3.05, 3.63) is 101 Å². The largest absolute Gasteiger partial charge is 0.416 e. The lowest BCUT2D eigenvalue weighted by atomic mass is 9.95. The van der Waals surface area contributed by atoms with E-state index in [-0.39, 0.29) is 29.8 Å². The third-order valence-electron chi connectivity index (χ3n) is 5.49. The zero-order chi connectivity index (χ0) is 26.7. The zero-order valence-electron chi connectivity index (χ0n) is 19.1. The molecule has 0 bridgehead atoms. The number of hydrogen-bond acceptors (Lipinski definition) is 4. The summed E-state index contributed by atoms with van der Waals surface area (Å²) in [7, 11) is -5.15. The SMILES string of the molecule is CCC(C)c1ccc(/C(=N\OS(=O)(=O)c2cc(C(F)(F)F)cc(C(F)(F)F)c2)c2ccccc2)cc1. The highest BCUT2D eigenvalue weighted by atomic mass is 32.2. The standard InChI is InChI=1S/C25H21F6NO3S/c1-3-16(2)17-9-11-19(12-10-17)23(18-7-5-4-6-8-18)32-35-36(33,34)22-14-20(24(26,27)28)13-21(15-22)25(29,30)31/h4-16H,3H2,1-2H3/b32-23-. The predicted octanol–water partition coefficient (Wildman–Crippen LogP) is 7.40. The Morgan fingerprint density at radius 2 is 1.33 bits per heavy atom. The Kier molecular flexibility index (Phi) is 7.82. The summed E-state index contributed by atoms with van der Waals surface area (Å²) >= 11 is 0. The van der Waals surface area contributed by atoms with E-state index in [4.69, 9.17) is 0 Å². The van der Waals surface area contributed by atoms with Gasteiger partial charge in [0.25, 0.3) is 0 Å². The van der Waals surface area contributed by atoms with Crippen LogP contribution >= 0.6 is 0 Å². The van der Waals surface area contributed by atoms with Crippen molar-refractivity contribution in [3.8, 4) is 0 Å². The van der Waals surface area contributed by atoms with Gasteiger partial charge in [0.05, 0.1) is 11.1 Å². The summed E-state index contributed by atoms with van der Waals surface area (Å²) < 4.78 is 109. The first kappa shape index (κ1) is 27.3. The van der Waals surface area contributed by atoms with Gasteiger partial charge in [-0.25, -0.2) is 0 Å². The molecule has 0 aromatic heterocycles. The van der Waals surface area contributed by atoms with Crippen molar-refractivity contribution in [2.75, 3.05) is 0 Å². The highest BCUT2D eigenvalue weighted by Gasteiger charge is 2.38. The Morgan fingerprint density at radius 3 is 1.81 bits per heavy atom. The third-order valence-corrected chi connectivity index (χ3v) is 6.57. The van der Waals surface area contributed by atoms with Crippen LogP contribution in [0.25, 0.3) is 0 Å². The van der Waals surface area contributed by atoms with Crippen molar-refractivity contribution in [2.45, 2.75) is 43.4 Å². The lowest BCUT2D eigenvalue weighted by molar-refractivity contribution is -0.143. The molecule has 0 radical (unpaired) electrons. The fourth-order valence-electron chi connectivity index (χ4n) is 3.27. The van der Waals surface area contributed by atoms with Gasteiger partial charge in [0.1, 0.15) is 10.6 Å². The number of halogens is 6. The van der Waals surface area contributed by atoms with E-state index in [0.717, 1.165) is 12.0 Å². The molecule has 3 aromatic carbocycles. The molecule has 0 saturated carbocycles. The van der Waals surface area contributed by atoms with Crippen LogP contribution in [0.15, 0.2) is 82.8 Å². The maximum Gasteiger partial charge on any atom is 0.416 e. The van der Waals surface area contributed by atoms with Crippen LogP contribution in [0.5, 0.6) is 0 Å². The normalized spacial score (nSPS) is 13.9. The number of rotatable bonds is 7. The third kappa shape index (κ3) is 6.45. The fourth-order valence-corrected chi connectivity index (χ4v) is 4.07. The topological polar surface area (TPSA) is 55.7 Å². The van der Waals surface area contributed by atoms with Crippen molar-refractivity contribution in [1.29, 1.82) is 0 Å². The minimum Gasteiger partial charge on any atom is -0.264 e. The van der Waals surface area contributed by atoms with Gasteiger partial charge in [0.15, 0.2) is 0 Å². The number of benzene rings is 3. The second-order valence-electron chi connectivity index (χ2n) is 8.01. The average molecular weight is 530 g/mol. The lowest BCUT2D eigenvalue weighted by Gasteiger charge is -2.14. The van der Waals surface area contributed by atoms with Gasteiger partial charge in [-0.2, -0.15) is 34.8 Å². The lowest BCUT2D eigenvalue weighted by Crippen LogP contribution is -2.14. The van der Waals surface area contributed by atoms with E-state index in [1.807, 2.05) is 26.0 Å². The van der Waals surface area contributed by atoms with E-state index >= 15 is 0 Å². The molecule has 0 aliphatic heterocycles. The Bertz CT molecular complexity index is 1300. The molecule has 1 atom stereocenters. The Labute approximate surface area is 204 Å². The van der Waals surface area contributed by atoms with Crippen LogP contribution < -0.4 is 0 Å². The second-order valence-corrected chi connectivity index (χ2v) is 9.54. The molecule has 3 aromatic rings. The minimum atomic E-state index is -5.22. The van der Waals surface area contributed by atoms with Gasteiger partial charge in [-0.15, -0.1) is 0 Å². The van der Waals surface area contributed by atoms with E-state index < -0.39 is 38.5 Å². The summed E-state index contributed by atoms with van der Waals surface area (Å²) in [6, 6.07) is 15.2. The number of hydrogen-bond donors (Lipinski definition) is 0. The van der Waals surface area contributed by atoms with E-state index in [1.54, 1.807) is 42.5 Å². The van der Waals surface area contributed by atoms with Crippen LogP contribution in [0.1, 0.15) is 54.0 Å². The Hall–Kier alpha value is -3.34. The van der Waals surface area contributed by atoms with Crippen molar-refractivity contribution in [1.82, 2.24) is 0 Å². The summed E-state index contributed by atoms with van der Waals surface area (Å²) in [6.45, 7) is 4.05. The zero-order valence-corrected chi connectivity index (χ0v) is 19.9. The maximum atomic E-state index is 13.2. The number of nitrogens with zero attached hydrogens (tertiary/aromatic N) is 1. The van der Waals surface area contributed by atoms with Gasteiger partial charge in [0.2, 0.25) is 0 Å². The molecule has 36 heavy (non-hydrogen) atoms. The smallest absolute Gasteiger partial charge is 0.264 e. The molecule has 11 heteroatoms. The first-order valence-corrected chi connectivity index (χ1v) is 12.1. The summed E-state index contributed by atoms with van der Waals surface area (Å²) in [5, 5.41) is 3.66. The van der Waals surface area contributed by atoms with Crippen LogP contribution in [0.2, 0.25) is 0 Å². The molecule has 0 saturated heterocycles. The number of alkyl halides is 6. The van der Waals surface area contributed by atoms with Crippen LogP contribution in [-0.4, -0.2) is 14.1 Å². The molecular weight excluding hydrogens is 508 g/mol. The molecule has 3 rings (SSSR count). The molecule has 0 aliphatic carbocycles. The maximum absolute atomic E-state index is 13.2. The molecule has 4 nitrogen and oxygen atoms in total. The highest BCUT2D eigenvalue weighted by molar-refractivity contribution is 7.86. The monoisotopic (exact) mass is 529 g/mol. The molecule has 0 heterocycles. The van der Waals surface area contributed by atoms with Gasteiger partial charge in [-0.05, 0) is 36.1 Å². The summed E-state index contributed by atoms with van der Waals surface area (Å²) in [6.07, 6.45) is -9.56. The highest BCUT2D eigenvalue weighted by Crippen LogP contribution is 2.37. The van der Waals surface area contributed by atoms with Crippen molar-refractivity contribution in [2.24, 2.45) is 5.16 Å². The van der Waals surface area contributed by atoms with Gasteiger partial charge in [-0.3, -0.25) is 4.28 Å². The predicted molar refractivity (Wildman–Crippen MR) is 122 cm³/mol. The summed E-state index contributed by atoms with van der Waals surface area (Å²) in [5.41, 5.74) is -1.67. The van der Waals surface area contributed by atoms with Crippen molar-refractivity contribution in [3.63, 3.8) is 0 Å². The summed E-state index contributed by atoms with van der Waals surface area (Å²) in [4.78, 5) is -1.33. The van der Waals surface area contributed by atoms with E-state index in [2.05, 4.69) is 9.44 Å². The molecule has 192 valence electrons. The van der Waals surface area contributed by atoms with Crippen molar-refractivity contribution < 1.29 is 39.0 Å².